The molecule has 0 fully saturated rings. The van der Waals surface area contributed by atoms with Crippen molar-refractivity contribution in [2.24, 2.45) is 11.7 Å². The molecule has 0 bridgehead atoms. The zero-order chi connectivity index (χ0) is 14.2. The van der Waals surface area contributed by atoms with Crippen LogP contribution in [0.3, 0.4) is 0 Å². The molecular weight excluding hydrogens is 222 g/mol. The second kappa shape index (κ2) is 5.41. The summed E-state index contributed by atoms with van der Waals surface area (Å²) >= 11 is 0. The molecule has 0 heterocycles. The standard InChI is InChI=1S/C16H27NO/c1-8(2)16(18)15(17)14-12(6)10(4)9(3)11(5)13(14)7/h8,15-16,18H,17H2,1-7H3/t15-,16+/m0/s1. The predicted octanol–water partition coefficient (Wildman–Crippen LogP) is 3.25. The van der Waals surface area contributed by atoms with E-state index < -0.39 is 6.10 Å². The predicted molar refractivity (Wildman–Crippen MR) is 77.9 cm³/mol. The van der Waals surface area contributed by atoms with E-state index in [1.54, 1.807) is 0 Å². The van der Waals surface area contributed by atoms with Crippen LogP contribution in [0.1, 0.15) is 53.3 Å². The molecule has 0 aromatic heterocycles. The molecule has 102 valence electrons. The highest BCUT2D eigenvalue weighted by Gasteiger charge is 2.25. The normalized spacial score (nSPS) is 15.0. The first-order valence-electron chi connectivity index (χ1n) is 6.70. The van der Waals surface area contributed by atoms with E-state index in [-0.39, 0.29) is 12.0 Å². The van der Waals surface area contributed by atoms with Gasteiger partial charge in [-0.05, 0) is 73.9 Å². The lowest BCUT2D eigenvalue weighted by molar-refractivity contribution is 0.0974. The molecule has 0 aliphatic carbocycles. The average molecular weight is 249 g/mol. The van der Waals surface area contributed by atoms with Crippen molar-refractivity contribution in [3.05, 3.63) is 33.4 Å². The number of aliphatic hydroxyl groups is 1. The van der Waals surface area contributed by atoms with Gasteiger partial charge < -0.3 is 10.8 Å². The maximum absolute atomic E-state index is 10.2. The summed E-state index contributed by atoms with van der Waals surface area (Å²) < 4.78 is 0. The third-order valence-corrected chi connectivity index (χ3v) is 4.44. The minimum Gasteiger partial charge on any atom is -0.391 e. The van der Waals surface area contributed by atoms with Crippen molar-refractivity contribution in [1.29, 1.82) is 0 Å². The molecule has 0 aliphatic rings. The Bertz CT molecular complexity index is 420. The van der Waals surface area contributed by atoms with Crippen molar-refractivity contribution in [3.8, 4) is 0 Å². The summed E-state index contributed by atoms with van der Waals surface area (Å²) in [5.74, 6) is 0.167. The van der Waals surface area contributed by atoms with E-state index in [0.717, 1.165) is 5.56 Å². The van der Waals surface area contributed by atoms with Crippen molar-refractivity contribution in [2.75, 3.05) is 0 Å². The molecule has 2 atom stereocenters. The molecule has 0 radical (unpaired) electrons. The molecule has 0 saturated carbocycles. The molecule has 0 aliphatic heterocycles. The molecule has 0 amide bonds. The first-order chi connectivity index (χ1) is 8.20. The summed E-state index contributed by atoms with van der Waals surface area (Å²) in [6.07, 6.45) is -0.496. The lowest BCUT2D eigenvalue weighted by Gasteiger charge is -2.28. The molecule has 1 rings (SSSR count). The van der Waals surface area contributed by atoms with Crippen LogP contribution in [0.25, 0.3) is 0 Å². The summed E-state index contributed by atoms with van der Waals surface area (Å²) in [6, 6.07) is -0.303. The molecule has 18 heavy (non-hydrogen) atoms. The Kier molecular flexibility index (Phi) is 4.57. The second-order valence-electron chi connectivity index (χ2n) is 5.80. The van der Waals surface area contributed by atoms with Crippen LogP contribution in [-0.4, -0.2) is 11.2 Å². The van der Waals surface area contributed by atoms with Gasteiger partial charge in [0.25, 0.3) is 0 Å². The fraction of sp³-hybridized carbons (Fsp3) is 0.625. The van der Waals surface area contributed by atoms with Gasteiger partial charge in [-0.15, -0.1) is 0 Å². The van der Waals surface area contributed by atoms with Crippen LogP contribution in [-0.2, 0) is 0 Å². The van der Waals surface area contributed by atoms with Crippen LogP contribution in [0.5, 0.6) is 0 Å². The van der Waals surface area contributed by atoms with Crippen LogP contribution in [0.4, 0.5) is 0 Å². The van der Waals surface area contributed by atoms with Gasteiger partial charge in [0.15, 0.2) is 0 Å². The van der Waals surface area contributed by atoms with Gasteiger partial charge in [0.1, 0.15) is 0 Å². The fourth-order valence-corrected chi connectivity index (χ4v) is 2.61. The van der Waals surface area contributed by atoms with E-state index in [9.17, 15) is 5.11 Å². The Morgan fingerprint density at radius 3 is 1.44 bits per heavy atom. The van der Waals surface area contributed by atoms with Gasteiger partial charge in [0.05, 0.1) is 12.1 Å². The highest BCUT2D eigenvalue weighted by molar-refractivity contribution is 5.50. The topological polar surface area (TPSA) is 46.2 Å². The summed E-state index contributed by atoms with van der Waals surface area (Å²) in [6.45, 7) is 14.6. The van der Waals surface area contributed by atoms with Gasteiger partial charge >= 0.3 is 0 Å². The van der Waals surface area contributed by atoms with Crippen LogP contribution >= 0.6 is 0 Å². The Balaban J connectivity index is 3.42. The molecule has 3 N–H and O–H groups in total. The summed E-state index contributed by atoms with van der Waals surface area (Å²) in [5, 5.41) is 10.2. The maximum Gasteiger partial charge on any atom is 0.0755 e. The molecular formula is C16H27NO. The van der Waals surface area contributed by atoms with E-state index >= 15 is 0 Å². The minimum absolute atomic E-state index is 0.167. The molecule has 0 spiro atoms. The van der Waals surface area contributed by atoms with Gasteiger partial charge in [-0.2, -0.15) is 0 Å². The largest absolute Gasteiger partial charge is 0.391 e. The SMILES string of the molecule is Cc1c(C)c(C)c([C@H](N)[C@H](O)C(C)C)c(C)c1C. The second-order valence-corrected chi connectivity index (χ2v) is 5.80. The molecule has 1 aromatic carbocycles. The first-order valence-corrected chi connectivity index (χ1v) is 6.70. The van der Waals surface area contributed by atoms with Crippen LogP contribution in [0, 0.1) is 40.5 Å². The van der Waals surface area contributed by atoms with Gasteiger partial charge in [-0.1, -0.05) is 13.8 Å². The molecule has 2 heteroatoms. The zero-order valence-corrected chi connectivity index (χ0v) is 12.8. The lowest BCUT2D eigenvalue weighted by Crippen LogP contribution is -2.32. The average Bonchev–Trinajstić information content (AvgIpc) is 2.32. The molecule has 1 aromatic rings. The highest BCUT2D eigenvalue weighted by Crippen LogP contribution is 2.32. The highest BCUT2D eigenvalue weighted by atomic mass is 16.3. The number of hydrogen-bond acceptors (Lipinski definition) is 2. The molecule has 2 nitrogen and oxygen atoms in total. The minimum atomic E-state index is -0.496. The Labute approximate surface area is 111 Å². The van der Waals surface area contributed by atoms with Crippen LogP contribution < -0.4 is 5.73 Å². The zero-order valence-electron chi connectivity index (χ0n) is 12.8. The van der Waals surface area contributed by atoms with Crippen molar-refractivity contribution >= 4 is 0 Å². The summed E-state index contributed by atoms with van der Waals surface area (Å²) in [5.41, 5.74) is 13.8. The quantitative estimate of drug-likeness (QED) is 0.864. The van der Waals surface area contributed by atoms with Crippen molar-refractivity contribution in [3.63, 3.8) is 0 Å². The van der Waals surface area contributed by atoms with Gasteiger partial charge in [0, 0.05) is 0 Å². The smallest absolute Gasteiger partial charge is 0.0755 e. The third kappa shape index (κ3) is 2.45. The van der Waals surface area contributed by atoms with E-state index in [2.05, 4.69) is 34.6 Å². The van der Waals surface area contributed by atoms with Crippen LogP contribution in [0.15, 0.2) is 0 Å². The number of aliphatic hydroxyl groups excluding tert-OH is 1. The van der Waals surface area contributed by atoms with Crippen molar-refractivity contribution < 1.29 is 5.11 Å². The number of hydrogen-bond donors (Lipinski definition) is 2. The Morgan fingerprint density at radius 1 is 0.778 bits per heavy atom. The summed E-state index contributed by atoms with van der Waals surface area (Å²) in [7, 11) is 0. The van der Waals surface area contributed by atoms with Crippen molar-refractivity contribution in [2.45, 2.75) is 60.6 Å². The van der Waals surface area contributed by atoms with E-state index in [0.29, 0.717) is 0 Å². The van der Waals surface area contributed by atoms with Crippen molar-refractivity contribution in [1.82, 2.24) is 0 Å². The Hall–Kier alpha value is -0.860. The van der Waals surface area contributed by atoms with Gasteiger partial charge in [-0.3, -0.25) is 0 Å². The molecule has 0 unspecified atom stereocenters. The van der Waals surface area contributed by atoms with E-state index in [1.165, 1.54) is 27.8 Å². The number of rotatable bonds is 3. The molecule has 0 saturated heterocycles. The lowest BCUT2D eigenvalue weighted by atomic mass is 9.83. The summed E-state index contributed by atoms with van der Waals surface area (Å²) in [4.78, 5) is 0. The maximum atomic E-state index is 10.2. The first kappa shape index (κ1) is 15.2. The van der Waals surface area contributed by atoms with Crippen LogP contribution in [0.2, 0.25) is 0 Å². The van der Waals surface area contributed by atoms with Gasteiger partial charge in [0.2, 0.25) is 0 Å². The monoisotopic (exact) mass is 249 g/mol. The number of benzene rings is 1. The Morgan fingerprint density at radius 2 is 1.11 bits per heavy atom. The third-order valence-electron chi connectivity index (χ3n) is 4.44. The number of nitrogens with two attached hydrogens (primary N) is 1. The van der Waals surface area contributed by atoms with E-state index in [1.807, 2.05) is 13.8 Å². The van der Waals surface area contributed by atoms with Gasteiger partial charge in [-0.25, -0.2) is 0 Å². The fourth-order valence-electron chi connectivity index (χ4n) is 2.61. The van der Waals surface area contributed by atoms with E-state index in [4.69, 9.17) is 5.73 Å².